The molecule has 100 valence electrons. The Hall–Kier alpha value is -1.33. The van der Waals surface area contributed by atoms with Crippen LogP contribution in [0.2, 0.25) is 0 Å². The molecule has 2 rings (SSSR count). The van der Waals surface area contributed by atoms with Crippen molar-refractivity contribution in [2.45, 2.75) is 19.6 Å². The number of carbonyl (C=O) groups is 1. The highest BCUT2D eigenvalue weighted by atomic mass is 16.3. The van der Waals surface area contributed by atoms with E-state index in [0.29, 0.717) is 6.54 Å². The maximum atomic E-state index is 12.2. The summed E-state index contributed by atoms with van der Waals surface area (Å²) in [6, 6.07) is 3.71. The molecule has 1 aliphatic rings. The van der Waals surface area contributed by atoms with E-state index in [-0.39, 0.29) is 5.91 Å². The van der Waals surface area contributed by atoms with Crippen molar-refractivity contribution in [3.8, 4) is 0 Å². The fourth-order valence-electron chi connectivity index (χ4n) is 2.25. The van der Waals surface area contributed by atoms with E-state index in [1.165, 1.54) is 0 Å². The normalized spacial score (nSPS) is 18.9. The van der Waals surface area contributed by atoms with Crippen molar-refractivity contribution in [2.24, 2.45) is 0 Å². The monoisotopic (exact) mass is 251 g/mol. The van der Waals surface area contributed by atoms with Gasteiger partial charge in [0.2, 0.25) is 5.91 Å². The summed E-state index contributed by atoms with van der Waals surface area (Å²) in [6.45, 7) is 5.48. The van der Waals surface area contributed by atoms with Gasteiger partial charge in [-0.15, -0.1) is 0 Å². The SMILES string of the molecule is CC(O)c1cccn1CC(=O)N1CCN(C)CC1. The molecular formula is C13H21N3O2. The van der Waals surface area contributed by atoms with Gasteiger partial charge in [-0.25, -0.2) is 0 Å². The van der Waals surface area contributed by atoms with Crippen molar-refractivity contribution >= 4 is 5.91 Å². The van der Waals surface area contributed by atoms with Crippen LogP contribution in [0, 0.1) is 0 Å². The molecule has 1 saturated heterocycles. The van der Waals surface area contributed by atoms with Gasteiger partial charge in [0.05, 0.1) is 6.10 Å². The largest absolute Gasteiger partial charge is 0.387 e. The van der Waals surface area contributed by atoms with Crippen molar-refractivity contribution < 1.29 is 9.90 Å². The van der Waals surface area contributed by atoms with Crippen LogP contribution in [-0.4, -0.2) is 58.6 Å². The van der Waals surface area contributed by atoms with E-state index < -0.39 is 6.10 Å². The van der Waals surface area contributed by atoms with Crippen LogP contribution in [-0.2, 0) is 11.3 Å². The third-order valence-electron chi connectivity index (χ3n) is 3.45. The number of piperazine rings is 1. The Bertz CT molecular complexity index is 406. The van der Waals surface area contributed by atoms with Gasteiger partial charge in [-0.1, -0.05) is 0 Å². The van der Waals surface area contributed by atoms with Gasteiger partial charge in [0.25, 0.3) is 0 Å². The zero-order chi connectivity index (χ0) is 13.1. The molecule has 1 N–H and O–H groups in total. The molecule has 0 aliphatic carbocycles. The van der Waals surface area contributed by atoms with Gasteiger partial charge in [0.15, 0.2) is 0 Å². The van der Waals surface area contributed by atoms with Crippen molar-refractivity contribution in [1.29, 1.82) is 0 Å². The van der Waals surface area contributed by atoms with E-state index >= 15 is 0 Å². The standard InChI is InChI=1S/C13H21N3O2/c1-11(17)12-4-3-5-16(12)10-13(18)15-8-6-14(2)7-9-15/h3-5,11,17H,6-10H2,1-2H3. The molecule has 1 atom stereocenters. The second-order valence-corrected chi connectivity index (χ2v) is 4.92. The van der Waals surface area contributed by atoms with Crippen LogP contribution in [0.25, 0.3) is 0 Å². The van der Waals surface area contributed by atoms with Crippen LogP contribution in [0.15, 0.2) is 18.3 Å². The van der Waals surface area contributed by atoms with Crippen LogP contribution >= 0.6 is 0 Å². The third-order valence-corrected chi connectivity index (χ3v) is 3.45. The molecule has 5 heteroatoms. The average Bonchev–Trinajstić information content (AvgIpc) is 2.78. The zero-order valence-corrected chi connectivity index (χ0v) is 11.0. The first kappa shape index (κ1) is 13.1. The molecule has 0 aromatic carbocycles. The van der Waals surface area contributed by atoms with Crippen LogP contribution in [0.5, 0.6) is 0 Å². The Morgan fingerprint density at radius 2 is 2.06 bits per heavy atom. The maximum absolute atomic E-state index is 12.2. The quantitative estimate of drug-likeness (QED) is 0.841. The van der Waals surface area contributed by atoms with Crippen LogP contribution < -0.4 is 0 Å². The summed E-state index contributed by atoms with van der Waals surface area (Å²) in [7, 11) is 2.07. The van der Waals surface area contributed by atoms with Gasteiger partial charge in [0, 0.05) is 38.1 Å². The lowest BCUT2D eigenvalue weighted by molar-refractivity contribution is -0.133. The van der Waals surface area contributed by atoms with Gasteiger partial charge in [0.1, 0.15) is 6.54 Å². The second kappa shape index (κ2) is 5.54. The molecule has 0 bridgehead atoms. The highest BCUT2D eigenvalue weighted by molar-refractivity contribution is 5.76. The number of aliphatic hydroxyl groups excluding tert-OH is 1. The molecule has 18 heavy (non-hydrogen) atoms. The summed E-state index contributed by atoms with van der Waals surface area (Å²) >= 11 is 0. The van der Waals surface area contributed by atoms with E-state index in [4.69, 9.17) is 0 Å². The van der Waals surface area contributed by atoms with Crippen LogP contribution in [0.3, 0.4) is 0 Å². The maximum Gasteiger partial charge on any atom is 0.242 e. The van der Waals surface area contributed by atoms with Crippen molar-refractivity contribution in [2.75, 3.05) is 33.2 Å². The first-order valence-corrected chi connectivity index (χ1v) is 6.37. The summed E-state index contributed by atoms with van der Waals surface area (Å²) < 4.78 is 1.82. The highest BCUT2D eigenvalue weighted by Crippen LogP contribution is 2.13. The minimum absolute atomic E-state index is 0.126. The van der Waals surface area contributed by atoms with Gasteiger partial charge < -0.3 is 19.5 Å². The smallest absolute Gasteiger partial charge is 0.242 e. The Kier molecular flexibility index (Phi) is 4.04. The Labute approximate surface area is 108 Å². The molecule has 0 spiro atoms. The Balaban J connectivity index is 1.96. The minimum Gasteiger partial charge on any atom is -0.387 e. The molecule has 1 aromatic heterocycles. The summed E-state index contributed by atoms with van der Waals surface area (Å²) in [5, 5.41) is 9.60. The Morgan fingerprint density at radius 3 is 2.67 bits per heavy atom. The number of aromatic nitrogens is 1. The van der Waals surface area contributed by atoms with Crippen LogP contribution in [0.1, 0.15) is 18.7 Å². The number of rotatable bonds is 3. The lowest BCUT2D eigenvalue weighted by Gasteiger charge is -2.32. The van der Waals surface area contributed by atoms with Crippen molar-refractivity contribution in [3.63, 3.8) is 0 Å². The lowest BCUT2D eigenvalue weighted by atomic mass is 10.3. The fraction of sp³-hybridized carbons (Fsp3) is 0.615. The first-order chi connectivity index (χ1) is 8.58. The molecule has 1 aliphatic heterocycles. The predicted octanol–water partition coefficient (Wildman–Crippen LogP) is 0.315. The van der Waals surface area contributed by atoms with E-state index in [0.717, 1.165) is 31.9 Å². The zero-order valence-electron chi connectivity index (χ0n) is 11.0. The highest BCUT2D eigenvalue weighted by Gasteiger charge is 2.20. The van der Waals surface area contributed by atoms with Crippen molar-refractivity contribution in [1.82, 2.24) is 14.4 Å². The average molecular weight is 251 g/mol. The van der Waals surface area contributed by atoms with E-state index in [9.17, 15) is 9.90 Å². The van der Waals surface area contributed by atoms with Crippen LogP contribution in [0.4, 0.5) is 0 Å². The van der Waals surface area contributed by atoms with E-state index in [2.05, 4.69) is 11.9 Å². The van der Waals surface area contributed by atoms with Crippen molar-refractivity contribution in [3.05, 3.63) is 24.0 Å². The number of carbonyl (C=O) groups excluding carboxylic acids is 1. The van der Waals surface area contributed by atoms with E-state index in [1.807, 2.05) is 27.8 Å². The number of nitrogens with zero attached hydrogens (tertiary/aromatic N) is 3. The minimum atomic E-state index is -0.541. The molecule has 0 radical (unpaired) electrons. The second-order valence-electron chi connectivity index (χ2n) is 4.92. The summed E-state index contributed by atoms with van der Waals surface area (Å²) in [6.07, 6.45) is 1.30. The number of hydrogen-bond donors (Lipinski definition) is 1. The number of amides is 1. The molecule has 1 aromatic rings. The molecule has 1 amide bonds. The number of hydrogen-bond acceptors (Lipinski definition) is 3. The van der Waals surface area contributed by atoms with E-state index in [1.54, 1.807) is 6.92 Å². The fourth-order valence-corrected chi connectivity index (χ4v) is 2.25. The summed E-state index contributed by atoms with van der Waals surface area (Å²) in [5.74, 6) is 0.126. The third kappa shape index (κ3) is 2.91. The lowest BCUT2D eigenvalue weighted by Crippen LogP contribution is -2.48. The summed E-state index contributed by atoms with van der Waals surface area (Å²) in [4.78, 5) is 16.3. The molecule has 0 saturated carbocycles. The van der Waals surface area contributed by atoms with Gasteiger partial charge in [-0.05, 0) is 26.1 Å². The molecular weight excluding hydrogens is 230 g/mol. The van der Waals surface area contributed by atoms with Gasteiger partial charge in [-0.3, -0.25) is 4.79 Å². The molecule has 5 nitrogen and oxygen atoms in total. The van der Waals surface area contributed by atoms with Gasteiger partial charge >= 0.3 is 0 Å². The molecule has 2 heterocycles. The predicted molar refractivity (Wildman–Crippen MR) is 69.1 cm³/mol. The number of likely N-dealkylation sites (N-methyl/N-ethyl adjacent to an activating group) is 1. The Morgan fingerprint density at radius 1 is 1.39 bits per heavy atom. The topological polar surface area (TPSA) is 48.7 Å². The van der Waals surface area contributed by atoms with Gasteiger partial charge in [-0.2, -0.15) is 0 Å². The molecule has 1 unspecified atom stereocenters. The first-order valence-electron chi connectivity index (χ1n) is 6.37. The molecule has 1 fully saturated rings. The summed E-state index contributed by atoms with van der Waals surface area (Å²) in [5.41, 5.74) is 0.789. The number of aliphatic hydroxyl groups is 1.